The number of benzene rings is 2. The topological polar surface area (TPSA) is 59.0 Å². The number of phenols is 1. The molecular formula is C21H19Cl2NO4. The van der Waals surface area contributed by atoms with Crippen LogP contribution in [0.5, 0.6) is 11.5 Å². The van der Waals surface area contributed by atoms with E-state index in [1.54, 1.807) is 37.3 Å². The average molecular weight is 420 g/mol. The molecule has 2 aromatic rings. The number of nitrogens with zero attached hydrogens (tertiary/aromatic N) is 1. The van der Waals surface area contributed by atoms with E-state index in [0.717, 1.165) is 13.1 Å². The maximum atomic E-state index is 13.0. The Morgan fingerprint density at radius 3 is 2.57 bits per heavy atom. The van der Waals surface area contributed by atoms with Crippen molar-refractivity contribution in [2.45, 2.75) is 13.5 Å². The third kappa shape index (κ3) is 3.51. The highest BCUT2D eigenvalue weighted by molar-refractivity contribution is 6.37. The second-order valence-electron chi connectivity index (χ2n) is 6.86. The lowest BCUT2D eigenvalue weighted by molar-refractivity contribution is 0.0336. The molecule has 7 heteroatoms. The summed E-state index contributed by atoms with van der Waals surface area (Å²) in [6.07, 6.45) is 1.56. The SMILES string of the molecule is Cc1cc(O)c(CN2CCOCC2)c2c1C(=O)/C(=C/c1c(Cl)cccc1Cl)O2. The monoisotopic (exact) mass is 419 g/mol. The van der Waals surface area contributed by atoms with Crippen LogP contribution in [0.4, 0.5) is 0 Å². The van der Waals surface area contributed by atoms with E-state index in [9.17, 15) is 9.90 Å². The van der Waals surface area contributed by atoms with E-state index in [-0.39, 0.29) is 17.3 Å². The summed E-state index contributed by atoms with van der Waals surface area (Å²) in [6, 6.07) is 6.75. The van der Waals surface area contributed by atoms with Gasteiger partial charge in [0.25, 0.3) is 0 Å². The molecule has 0 amide bonds. The number of phenolic OH excluding ortho intramolecular Hbond substituents is 1. The van der Waals surface area contributed by atoms with E-state index < -0.39 is 0 Å². The normalized spacial score (nSPS) is 18.4. The maximum Gasteiger partial charge on any atom is 0.232 e. The van der Waals surface area contributed by atoms with Gasteiger partial charge in [0.05, 0.1) is 24.3 Å². The highest BCUT2D eigenvalue weighted by atomic mass is 35.5. The fourth-order valence-corrected chi connectivity index (χ4v) is 4.00. The Hall–Kier alpha value is -2.05. The van der Waals surface area contributed by atoms with Gasteiger partial charge in [0.15, 0.2) is 5.76 Å². The quantitative estimate of drug-likeness (QED) is 0.744. The van der Waals surface area contributed by atoms with Crippen LogP contribution in [-0.4, -0.2) is 42.1 Å². The lowest BCUT2D eigenvalue weighted by Gasteiger charge is -2.27. The zero-order chi connectivity index (χ0) is 19.8. The molecule has 2 heterocycles. The number of ether oxygens (including phenoxy) is 2. The zero-order valence-electron chi connectivity index (χ0n) is 15.3. The Morgan fingerprint density at radius 2 is 1.89 bits per heavy atom. The number of fused-ring (bicyclic) bond motifs is 1. The van der Waals surface area contributed by atoms with Crippen LogP contribution >= 0.6 is 23.2 Å². The van der Waals surface area contributed by atoms with Crippen molar-refractivity contribution >= 4 is 35.1 Å². The van der Waals surface area contributed by atoms with Crippen molar-refractivity contribution in [3.63, 3.8) is 0 Å². The van der Waals surface area contributed by atoms with Crippen molar-refractivity contribution in [2.75, 3.05) is 26.3 Å². The predicted octanol–water partition coefficient (Wildman–Crippen LogP) is 4.46. The number of Topliss-reactive ketones (excluding diaryl/α,β-unsaturated/α-hetero) is 1. The Kier molecular flexibility index (Phi) is 5.34. The number of carbonyl (C=O) groups excluding carboxylic acids is 1. The van der Waals surface area contributed by atoms with Gasteiger partial charge in [-0.1, -0.05) is 29.3 Å². The van der Waals surface area contributed by atoms with Crippen molar-refractivity contribution < 1.29 is 19.4 Å². The maximum absolute atomic E-state index is 13.0. The summed E-state index contributed by atoms with van der Waals surface area (Å²) in [4.78, 5) is 15.2. The first-order chi connectivity index (χ1) is 13.5. The number of aryl methyl sites for hydroxylation is 1. The summed E-state index contributed by atoms with van der Waals surface area (Å²) in [6.45, 7) is 5.06. The van der Waals surface area contributed by atoms with Gasteiger partial charge >= 0.3 is 0 Å². The van der Waals surface area contributed by atoms with Crippen LogP contribution in [0, 0.1) is 6.92 Å². The van der Waals surface area contributed by atoms with E-state index in [4.69, 9.17) is 32.7 Å². The Balaban J connectivity index is 1.74. The zero-order valence-corrected chi connectivity index (χ0v) is 16.8. The first-order valence-corrected chi connectivity index (χ1v) is 9.75. The van der Waals surface area contributed by atoms with E-state index in [1.165, 1.54) is 0 Å². The minimum Gasteiger partial charge on any atom is -0.507 e. The van der Waals surface area contributed by atoms with Crippen LogP contribution in [0.2, 0.25) is 10.0 Å². The van der Waals surface area contributed by atoms with Crippen molar-refractivity contribution in [1.82, 2.24) is 4.90 Å². The van der Waals surface area contributed by atoms with Gasteiger partial charge in [0, 0.05) is 35.2 Å². The molecule has 2 aliphatic heterocycles. The van der Waals surface area contributed by atoms with E-state index in [2.05, 4.69) is 4.90 Å². The average Bonchev–Trinajstić information content (AvgIpc) is 2.99. The number of allylic oxidation sites excluding steroid dienone is 1. The molecule has 0 spiro atoms. The van der Waals surface area contributed by atoms with Crippen LogP contribution in [-0.2, 0) is 11.3 Å². The number of aromatic hydroxyl groups is 1. The molecule has 0 bridgehead atoms. The molecule has 4 rings (SSSR count). The molecule has 0 radical (unpaired) electrons. The van der Waals surface area contributed by atoms with Gasteiger partial charge in [0.1, 0.15) is 11.5 Å². The van der Waals surface area contributed by atoms with Crippen molar-refractivity contribution in [1.29, 1.82) is 0 Å². The molecule has 28 heavy (non-hydrogen) atoms. The predicted molar refractivity (Wildman–Crippen MR) is 108 cm³/mol. The van der Waals surface area contributed by atoms with Gasteiger partial charge < -0.3 is 14.6 Å². The summed E-state index contributed by atoms with van der Waals surface area (Å²) < 4.78 is 11.3. The summed E-state index contributed by atoms with van der Waals surface area (Å²) in [7, 11) is 0. The molecule has 146 valence electrons. The summed E-state index contributed by atoms with van der Waals surface area (Å²) >= 11 is 12.5. The highest BCUT2D eigenvalue weighted by Gasteiger charge is 2.34. The Morgan fingerprint density at radius 1 is 1.21 bits per heavy atom. The standard InChI is InChI=1S/C21H19Cl2NO4/c1-12-9-17(25)14(11-24-5-7-27-8-6-24)21-19(12)20(26)18(28-21)10-13-15(22)3-2-4-16(13)23/h2-4,9-10,25H,5-8,11H2,1H3/b18-10-. The molecule has 0 saturated carbocycles. The summed E-state index contributed by atoms with van der Waals surface area (Å²) in [5.41, 5.74) is 2.26. The van der Waals surface area contributed by atoms with Crippen molar-refractivity contribution in [2.24, 2.45) is 0 Å². The molecule has 2 aliphatic rings. The minimum absolute atomic E-state index is 0.118. The van der Waals surface area contributed by atoms with Gasteiger partial charge in [-0.25, -0.2) is 0 Å². The number of carbonyl (C=O) groups is 1. The number of hydrogen-bond acceptors (Lipinski definition) is 5. The van der Waals surface area contributed by atoms with E-state index in [0.29, 0.717) is 57.8 Å². The fraction of sp³-hybridized carbons (Fsp3) is 0.286. The molecule has 0 atom stereocenters. The first kappa shape index (κ1) is 19.3. The molecular weight excluding hydrogens is 401 g/mol. The highest BCUT2D eigenvalue weighted by Crippen LogP contribution is 2.43. The Bertz CT molecular complexity index is 961. The van der Waals surface area contributed by atoms with Gasteiger partial charge in [-0.2, -0.15) is 0 Å². The third-order valence-corrected chi connectivity index (χ3v) is 5.64. The molecule has 0 aliphatic carbocycles. The Labute approximate surface area is 173 Å². The molecule has 0 aromatic heterocycles. The van der Waals surface area contributed by atoms with Crippen LogP contribution in [0.25, 0.3) is 6.08 Å². The largest absolute Gasteiger partial charge is 0.507 e. The fourth-order valence-electron chi connectivity index (χ4n) is 3.50. The molecule has 1 fully saturated rings. The smallest absolute Gasteiger partial charge is 0.232 e. The van der Waals surface area contributed by atoms with Crippen molar-refractivity contribution in [3.8, 4) is 11.5 Å². The van der Waals surface area contributed by atoms with Gasteiger partial charge in [-0.3, -0.25) is 9.69 Å². The summed E-state index contributed by atoms with van der Waals surface area (Å²) in [5.74, 6) is 0.421. The first-order valence-electron chi connectivity index (χ1n) is 8.99. The van der Waals surface area contributed by atoms with Crippen LogP contribution in [0.15, 0.2) is 30.0 Å². The van der Waals surface area contributed by atoms with Gasteiger partial charge in [-0.15, -0.1) is 0 Å². The number of ketones is 1. The van der Waals surface area contributed by atoms with Crippen LogP contribution in [0.3, 0.4) is 0 Å². The number of halogens is 2. The van der Waals surface area contributed by atoms with E-state index >= 15 is 0 Å². The number of hydrogen-bond donors (Lipinski definition) is 1. The molecule has 2 aromatic carbocycles. The third-order valence-electron chi connectivity index (χ3n) is 4.98. The van der Waals surface area contributed by atoms with Crippen LogP contribution < -0.4 is 4.74 Å². The lowest BCUT2D eigenvalue weighted by atomic mass is 9.99. The number of rotatable bonds is 3. The van der Waals surface area contributed by atoms with Gasteiger partial charge in [-0.05, 0) is 36.8 Å². The number of morpholine rings is 1. The molecule has 0 unspecified atom stereocenters. The van der Waals surface area contributed by atoms with Crippen LogP contribution in [0.1, 0.15) is 27.0 Å². The molecule has 1 saturated heterocycles. The minimum atomic E-state index is -0.244. The summed E-state index contributed by atoms with van der Waals surface area (Å²) in [5, 5.41) is 11.4. The second kappa shape index (κ2) is 7.76. The molecule has 1 N–H and O–H groups in total. The van der Waals surface area contributed by atoms with Crippen molar-refractivity contribution in [3.05, 3.63) is 62.3 Å². The van der Waals surface area contributed by atoms with Gasteiger partial charge in [0.2, 0.25) is 5.78 Å². The molecule has 5 nitrogen and oxygen atoms in total. The van der Waals surface area contributed by atoms with E-state index in [1.807, 2.05) is 0 Å². The second-order valence-corrected chi connectivity index (χ2v) is 7.67. The lowest BCUT2D eigenvalue weighted by Crippen LogP contribution is -2.35.